The van der Waals surface area contributed by atoms with Crippen LogP contribution in [0.25, 0.3) is 21.5 Å². The third-order valence-electron chi connectivity index (χ3n) is 5.41. The van der Waals surface area contributed by atoms with Crippen molar-refractivity contribution in [3.05, 3.63) is 60.2 Å². The molecule has 0 spiro atoms. The third-order valence-corrected chi connectivity index (χ3v) is 5.41. The van der Waals surface area contributed by atoms with Gasteiger partial charge in [-0.3, -0.25) is 4.79 Å². The van der Waals surface area contributed by atoms with Gasteiger partial charge < -0.3 is 9.47 Å². The molecule has 0 aromatic heterocycles. The molecular formula is C25H28O4. The van der Waals surface area contributed by atoms with Gasteiger partial charge in [0.2, 0.25) is 0 Å². The molecule has 0 saturated heterocycles. The maximum Gasteiger partial charge on any atom is 0.339 e. The molecule has 0 heterocycles. The largest absolute Gasteiger partial charge is 0.465 e. The average Bonchev–Trinajstić information content (AvgIpc) is 2.73. The minimum Gasteiger partial charge on any atom is -0.465 e. The van der Waals surface area contributed by atoms with Crippen LogP contribution in [0.5, 0.6) is 0 Å². The maximum absolute atomic E-state index is 13.0. The Bertz CT molecular complexity index is 981. The Morgan fingerprint density at radius 3 is 1.97 bits per heavy atom. The Balaban J connectivity index is 1.74. The maximum atomic E-state index is 13.0. The summed E-state index contributed by atoms with van der Waals surface area (Å²) in [6.45, 7) is 8.01. The lowest BCUT2D eigenvalue weighted by atomic mass is 9.91. The summed E-state index contributed by atoms with van der Waals surface area (Å²) in [4.78, 5) is 25.1. The van der Waals surface area contributed by atoms with E-state index in [4.69, 9.17) is 9.47 Å². The smallest absolute Gasteiger partial charge is 0.339 e. The predicted octanol–water partition coefficient (Wildman–Crippen LogP) is 5.77. The first kappa shape index (κ1) is 20.8. The van der Waals surface area contributed by atoms with Gasteiger partial charge >= 0.3 is 11.9 Å². The van der Waals surface area contributed by atoms with Crippen LogP contribution < -0.4 is 0 Å². The second-order valence-corrected chi connectivity index (χ2v) is 8.23. The van der Waals surface area contributed by atoms with Crippen LogP contribution in [0.4, 0.5) is 0 Å². The highest BCUT2D eigenvalue weighted by Gasteiger charge is 2.27. The lowest BCUT2D eigenvalue weighted by Crippen LogP contribution is -2.28. The second kappa shape index (κ2) is 8.64. The zero-order valence-electron chi connectivity index (χ0n) is 17.5. The molecule has 0 aliphatic heterocycles. The van der Waals surface area contributed by atoms with E-state index in [2.05, 4.69) is 6.07 Å². The van der Waals surface area contributed by atoms with Crippen LogP contribution in [0, 0.1) is 11.3 Å². The number of fused-ring (bicyclic) bond motifs is 2. The Morgan fingerprint density at radius 2 is 1.41 bits per heavy atom. The monoisotopic (exact) mass is 392 g/mol. The Hall–Kier alpha value is -2.88. The number of benzene rings is 3. The molecule has 0 bridgehead atoms. The molecule has 3 aromatic rings. The molecule has 0 N–H and O–H groups in total. The van der Waals surface area contributed by atoms with E-state index in [1.165, 1.54) is 0 Å². The zero-order chi connectivity index (χ0) is 21.0. The predicted molar refractivity (Wildman–Crippen MR) is 116 cm³/mol. The number of hydrogen-bond donors (Lipinski definition) is 0. The van der Waals surface area contributed by atoms with E-state index in [1.807, 2.05) is 76.2 Å². The molecule has 0 radical (unpaired) electrons. The highest BCUT2D eigenvalue weighted by atomic mass is 16.5. The lowest BCUT2D eigenvalue weighted by Gasteiger charge is -2.22. The fourth-order valence-electron chi connectivity index (χ4n) is 3.13. The molecule has 4 heteroatoms. The van der Waals surface area contributed by atoms with Gasteiger partial charge in [-0.2, -0.15) is 0 Å². The number of ether oxygens (including phenoxy) is 2. The first-order chi connectivity index (χ1) is 13.8. The molecular weight excluding hydrogens is 364 g/mol. The van der Waals surface area contributed by atoms with Crippen molar-refractivity contribution in [2.75, 3.05) is 13.2 Å². The Kier molecular flexibility index (Phi) is 6.21. The summed E-state index contributed by atoms with van der Waals surface area (Å²) >= 11 is 0. The van der Waals surface area contributed by atoms with Crippen molar-refractivity contribution in [3.63, 3.8) is 0 Å². The van der Waals surface area contributed by atoms with Crippen molar-refractivity contribution < 1.29 is 19.1 Å². The van der Waals surface area contributed by atoms with Gasteiger partial charge in [0.1, 0.15) is 0 Å². The summed E-state index contributed by atoms with van der Waals surface area (Å²) in [5.41, 5.74) is 0.0770. The highest BCUT2D eigenvalue weighted by molar-refractivity contribution is 6.16. The molecule has 1 unspecified atom stereocenters. The van der Waals surface area contributed by atoms with Crippen molar-refractivity contribution in [3.8, 4) is 0 Å². The third kappa shape index (κ3) is 4.58. The van der Waals surface area contributed by atoms with Crippen LogP contribution in [-0.2, 0) is 14.3 Å². The van der Waals surface area contributed by atoms with Gasteiger partial charge in [-0.05, 0) is 47.9 Å². The normalized spacial score (nSPS) is 12.7. The van der Waals surface area contributed by atoms with E-state index in [1.54, 1.807) is 0 Å². The average molecular weight is 392 g/mol. The molecule has 0 amide bonds. The standard InChI is InChI=1S/C25H28O4/c1-5-25(3,4)24(27)29-16-17(2)15-28-23(26)22-20-12-8-6-10-18(20)14-19-11-7-9-13-21(19)22/h6-14,17H,5,15-16H2,1-4H3. The van der Waals surface area contributed by atoms with Gasteiger partial charge in [-0.25, -0.2) is 4.79 Å². The molecule has 152 valence electrons. The van der Waals surface area contributed by atoms with Crippen molar-refractivity contribution >= 4 is 33.5 Å². The molecule has 29 heavy (non-hydrogen) atoms. The van der Waals surface area contributed by atoms with Crippen LogP contribution in [0.3, 0.4) is 0 Å². The number of esters is 2. The topological polar surface area (TPSA) is 52.6 Å². The minimum absolute atomic E-state index is 0.0863. The van der Waals surface area contributed by atoms with E-state index < -0.39 is 5.41 Å². The summed E-state index contributed by atoms with van der Waals surface area (Å²) in [6, 6.07) is 17.7. The van der Waals surface area contributed by atoms with Crippen molar-refractivity contribution in [2.24, 2.45) is 11.3 Å². The van der Waals surface area contributed by atoms with Crippen molar-refractivity contribution in [1.82, 2.24) is 0 Å². The Labute approximate surface area is 171 Å². The van der Waals surface area contributed by atoms with E-state index in [0.717, 1.165) is 21.5 Å². The SMILES string of the molecule is CCC(C)(C)C(=O)OCC(C)COC(=O)c1c2ccccc2cc2ccccc12. The van der Waals surface area contributed by atoms with E-state index >= 15 is 0 Å². The Morgan fingerprint density at radius 1 is 0.897 bits per heavy atom. The van der Waals surface area contributed by atoms with Crippen molar-refractivity contribution in [2.45, 2.75) is 34.1 Å². The molecule has 1 atom stereocenters. The van der Waals surface area contributed by atoms with Crippen LogP contribution in [-0.4, -0.2) is 25.2 Å². The molecule has 0 aliphatic carbocycles. The molecule has 3 aromatic carbocycles. The molecule has 3 rings (SSSR count). The van der Waals surface area contributed by atoms with E-state index in [9.17, 15) is 9.59 Å². The summed E-state index contributed by atoms with van der Waals surface area (Å²) in [6.07, 6.45) is 0.712. The number of hydrogen-bond acceptors (Lipinski definition) is 4. The number of carbonyl (C=O) groups excluding carboxylic acids is 2. The molecule has 0 fully saturated rings. The molecule has 0 aliphatic rings. The van der Waals surface area contributed by atoms with Crippen LogP contribution in [0.2, 0.25) is 0 Å². The number of rotatable bonds is 7. The first-order valence-electron chi connectivity index (χ1n) is 10.1. The highest BCUT2D eigenvalue weighted by Crippen LogP contribution is 2.29. The quantitative estimate of drug-likeness (QED) is 0.379. The van der Waals surface area contributed by atoms with Crippen LogP contribution in [0.15, 0.2) is 54.6 Å². The summed E-state index contributed by atoms with van der Waals surface area (Å²) in [5.74, 6) is -0.667. The summed E-state index contributed by atoms with van der Waals surface area (Å²) < 4.78 is 11.0. The van der Waals surface area contributed by atoms with E-state index in [-0.39, 0.29) is 31.1 Å². The van der Waals surface area contributed by atoms with Crippen LogP contribution in [0.1, 0.15) is 44.5 Å². The molecule has 0 saturated carbocycles. The molecule has 4 nitrogen and oxygen atoms in total. The van der Waals surface area contributed by atoms with Gasteiger partial charge in [0, 0.05) is 5.92 Å². The van der Waals surface area contributed by atoms with Crippen molar-refractivity contribution in [1.29, 1.82) is 0 Å². The zero-order valence-corrected chi connectivity index (χ0v) is 17.5. The van der Waals surface area contributed by atoms with Crippen LogP contribution >= 0.6 is 0 Å². The van der Waals surface area contributed by atoms with Gasteiger partial charge in [0.15, 0.2) is 0 Å². The van der Waals surface area contributed by atoms with Gasteiger partial charge in [0.05, 0.1) is 24.2 Å². The fourth-order valence-corrected chi connectivity index (χ4v) is 3.13. The first-order valence-corrected chi connectivity index (χ1v) is 10.1. The minimum atomic E-state index is -0.502. The van der Waals surface area contributed by atoms with Gasteiger partial charge in [-0.1, -0.05) is 62.4 Å². The summed E-state index contributed by atoms with van der Waals surface area (Å²) in [5, 5.41) is 3.75. The summed E-state index contributed by atoms with van der Waals surface area (Å²) in [7, 11) is 0. The van der Waals surface area contributed by atoms with Gasteiger partial charge in [0.25, 0.3) is 0 Å². The van der Waals surface area contributed by atoms with E-state index in [0.29, 0.717) is 12.0 Å². The second-order valence-electron chi connectivity index (χ2n) is 8.23. The fraction of sp³-hybridized carbons (Fsp3) is 0.360. The van der Waals surface area contributed by atoms with Gasteiger partial charge in [-0.15, -0.1) is 0 Å². The lowest BCUT2D eigenvalue weighted by molar-refractivity contribution is -0.155. The number of carbonyl (C=O) groups is 2.